The fraction of sp³-hybridized carbons (Fsp3) is 0.318. The van der Waals surface area contributed by atoms with Crippen LogP contribution in [-0.2, 0) is 16.1 Å². The number of carbonyl (C=O) groups is 2. The lowest BCUT2D eigenvalue weighted by atomic mass is 10.0. The fourth-order valence-corrected chi connectivity index (χ4v) is 3.87. The zero-order valence-electron chi connectivity index (χ0n) is 16.2. The Morgan fingerprint density at radius 3 is 2.24 bits per heavy atom. The molecule has 150 valence electrons. The first-order chi connectivity index (χ1) is 14.2. The molecule has 1 aromatic heterocycles. The molecule has 0 aliphatic carbocycles. The van der Waals surface area contributed by atoms with Crippen LogP contribution in [0.25, 0.3) is 5.57 Å². The van der Waals surface area contributed by atoms with E-state index in [1.165, 1.54) is 4.90 Å². The third kappa shape index (κ3) is 3.92. The van der Waals surface area contributed by atoms with Gasteiger partial charge in [-0.1, -0.05) is 30.3 Å². The summed E-state index contributed by atoms with van der Waals surface area (Å²) >= 11 is 0. The first-order valence-corrected chi connectivity index (χ1v) is 9.82. The molecule has 0 bridgehead atoms. The minimum Gasteiger partial charge on any atom is -0.395 e. The minimum absolute atomic E-state index is 0.120. The molecule has 1 N–H and O–H groups in total. The minimum atomic E-state index is -0.259. The number of amides is 2. The third-order valence-corrected chi connectivity index (χ3v) is 5.40. The van der Waals surface area contributed by atoms with Crippen molar-refractivity contribution in [1.29, 1.82) is 0 Å². The Morgan fingerprint density at radius 1 is 0.897 bits per heavy atom. The van der Waals surface area contributed by atoms with Gasteiger partial charge < -0.3 is 10.0 Å². The van der Waals surface area contributed by atoms with Crippen molar-refractivity contribution in [1.82, 2.24) is 19.7 Å². The van der Waals surface area contributed by atoms with Crippen LogP contribution in [0, 0.1) is 0 Å². The van der Waals surface area contributed by atoms with Crippen molar-refractivity contribution in [2.75, 3.05) is 39.3 Å². The highest BCUT2D eigenvalue weighted by atomic mass is 16.3. The van der Waals surface area contributed by atoms with Crippen LogP contribution in [-0.4, -0.2) is 75.9 Å². The number of aliphatic hydroxyl groups is 1. The number of aliphatic hydroxyl groups excluding tert-OH is 1. The van der Waals surface area contributed by atoms with Crippen molar-refractivity contribution in [3.05, 3.63) is 71.7 Å². The van der Waals surface area contributed by atoms with Crippen LogP contribution in [0.5, 0.6) is 0 Å². The van der Waals surface area contributed by atoms with Gasteiger partial charge in [0.2, 0.25) is 0 Å². The number of piperazine rings is 1. The van der Waals surface area contributed by atoms with E-state index < -0.39 is 0 Å². The van der Waals surface area contributed by atoms with Crippen molar-refractivity contribution < 1.29 is 14.7 Å². The van der Waals surface area contributed by atoms with E-state index in [0.717, 1.165) is 24.2 Å². The molecule has 0 unspecified atom stereocenters. The average molecular weight is 392 g/mol. The molecule has 2 amide bonds. The lowest BCUT2D eigenvalue weighted by Crippen LogP contribution is -2.48. The number of benzene rings is 1. The molecule has 3 heterocycles. The van der Waals surface area contributed by atoms with Gasteiger partial charge in [-0.05, 0) is 23.3 Å². The number of rotatable bonds is 6. The second kappa shape index (κ2) is 8.55. The largest absolute Gasteiger partial charge is 0.395 e. The fourth-order valence-electron chi connectivity index (χ4n) is 3.87. The van der Waals surface area contributed by atoms with E-state index in [1.54, 1.807) is 12.4 Å². The van der Waals surface area contributed by atoms with Crippen molar-refractivity contribution in [3.8, 4) is 0 Å². The summed E-state index contributed by atoms with van der Waals surface area (Å²) in [5.74, 6) is -0.507. The Labute approximate surface area is 169 Å². The summed E-state index contributed by atoms with van der Waals surface area (Å²) in [6.07, 6.45) is 3.32. The first kappa shape index (κ1) is 19.3. The number of carbonyl (C=O) groups excluding carboxylic acids is 2. The molecule has 1 saturated heterocycles. The first-order valence-electron chi connectivity index (χ1n) is 9.82. The molecule has 4 rings (SSSR count). The number of hydrogen-bond acceptors (Lipinski definition) is 6. The molecular weight excluding hydrogens is 368 g/mol. The van der Waals surface area contributed by atoms with E-state index in [0.29, 0.717) is 30.9 Å². The normalized spacial score (nSPS) is 18.1. The van der Waals surface area contributed by atoms with Crippen molar-refractivity contribution in [2.45, 2.75) is 6.54 Å². The molecule has 0 atom stereocenters. The van der Waals surface area contributed by atoms with Crippen LogP contribution in [0.2, 0.25) is 0 Å². The Bertz CT molecular complexity index is 906. The molecular formula is C22H24N4O3. The maximum absolute atomic E-state index is 13.3. The second-order valence-corrected chi connectivity index (χ2v) is 7.19. The summed E-state index contributed by atoms with van der Waals surface area (Å²) in [6, 6.07) is 13.0. The Balaban J connectivity index is 1.65. The van der Waals surface area contributed by atoms with Gasteiger partial charge in [0.1, 0.15) is 5.70 Å². The van der Waals surface area contributed by atoms with E-state index in [9.17, 15) is 9.59 Å². The summed E-state index contributed by atoms with van der Waals surface area (Å²) in [7, 11) is 0. The molecule has 1 aromatic carbocycles. The van der Waals surface area contributed by atoms with Crippen molar-refractivity contribution >= 4 is 17.4 Å². The second-order valence-electron chi connectivity index (χ2n) is 7.19. The van der Waals surface area contributed by atoms with Gasteiger partial charge in [-0.2, -0.15) is 0 Å². The summed E-state index contributed by atoms with van der Waals surface area (Å²) in [5, 5.41) is 9.16. The van der Waals surface area contributed by atoms with Gasteiger partial charge in [0.15, 0.2) is 0 Å². The summed E-state index contributed by atoms with van der Waals surface area (Å²) in [5.41, 5.74) is 2.58. The monoisotopic (exact) mass is 392 g/mol. The molecule has 7 nitrogen and oxygen atoms in total. The standard InChI is InChI=1S/C22H24N4O3/c27-15-14-24-10-12-25(13-11-24)20-19(18-4-2-1-3-5-18)21(28)26(22(20)29)16-17-6-8-23-9-7-17/h1-9,27H,10-16H2. The van der Waals surface area contributed by atoms with Crippen LogP contribution in [0.3, 0.4) is 0 Å². The Kier molecular flexibility index (Phi) is 5.69. The smallest absolute Gasteiger partial charge is 0.278 e. The number of nitrogens with zero attached hydrogens (tertiary/aromatic N) is 4. The number of aromatic nitrogens is 1. The summed E-state index contributed by atoms with van der Waals surface area (Å²) in [6.45, 7) is 3.76. The van der Waals surface area contributed by atoms with Gasteiger partial charge in [-0.15, -0.1) is 0 Å². The van der Waals surface area contributed by atoms with Gasteiger partial charge in [0, 0.05) is 45.1 Å². The molecule has 2 aliphatic rings. The number of β-amino-alcohol motifs (C(OH)–C–C–N with tert-alkyl or cyclic N) is 1. The molecule has 1 fully saturated rings. The van der Waals surface area contributed by atoms with Gasteiger partial charge in [-0.25, -0.2) is 0 Å². The molecule has 0 saturated carbocycles. The van der Waals surface area contributed by atoms with Crippen LogP contribution < -0.4 is 0 Å². The van der Waals surface area contributed by atoms with Crippen LogP contribution in [0.4, 0.5) is 0 Å². The lowest BCUT2D eigenvalue weighted by Gasteiger charge is -2.36. The molecule has 29 heavy (non-hydrogen) atoms. The number of hydrogen-bond donors (Lipinski definition) is 1. The highest BCUT2D eigenvalue weighted by Crippen LogP contribution is 2.33. The van der Waals surface area contributed by atoms with E-state index >= 15 is 0 Å². The molecule has 2 aliphatic heterocycles. The summed E-state index contributed by atoms with van der Waals surface area (Å²) in [4.78, 5) is 36.2. The SMILES string of the molecule is O=C1C(c2ccccc2)=C(N2CCN(CCO)CC2)C(=O)N1Cc1ccncc1. The van der Waals surface area contributed by atoms with Crippen molar-refractivity contribution in [2.24, 2.45) is 0 Å². The zero-order valence-corrected chi connectivity index (χ0v) is 16.2. The highest BCUT2D eigenvalue weighted by molar-refractivity contribution is 6.35. The topological polar surface area (TPSA) is 77.0 Å². The van der Waals surface area contributed by atoms with Crippen LogP contribution in [0.1, 0.15) is 11.1 Å². The van der Waals surface area contributed by atoms with E-state index in [2.05, 4.69) is 9.88 Å². The van der Waals surface area contributed by atoms with Gasteiger partial charge in [0.05, 0.1) is 18.7 Å². The molecule has 0 spiro atoms. The predicted molar refractivity (Wildman–Crippen MR) is 108 cm³/mol. The van der Waals surface area contributed by atoms with E-state index in [-0.39, 0.29) is 25.0 Å². The van der Waals surface area contributed by atoms with Gasteiger partial charge in [-0.3, -0.25) is 24.4 Å². The molecule has 2 aromatic rings. The third-order valence-electron chi connectivity index (χ3n) is 5.40. The van der Waals surface area contributed by atoms with Gasteiger partial charge >= 0.3 is 0 Å². The quantitative estimate of drug-likeness (QED) is 0.739. The number of imide groups is 1. The summed E-state index contributed by atoms with van der Waals surface area (Å²) < 4.78 is 0. The Morgan fingerprint density at radius 2 is 1.59 bits per heavy atom. The maximum atomic E-state index is 13.3. The maximum Gasteiger partial charge on any atom is 0.278 e. The average Bonchev–Trinajstić information content (AvgIpc) is 3.01. The predicted octanol–water partition coefficient (Wildman–Crippen LogP) is 0.972. The molecule has 0 radical (unpaired) electrons. The highest BCUT2D eigenvalue weighted by Gasteiger charge is 2.42. The van der Waals surface area contributed by atoms with E-state index in [4.69, 9.17) is 5.11 Å². The van der Waals surface area contributed by atoms with Gasteiger partial charge in [0.25, 0.3) is 11.8 Å². The Hall–Kier alpha value is -3.03. The lowest BCUT2D eigenvalue weighted by molar-refractivity contribution is -0.138. The number of pyridine rings is 1. The molecule has 7 heteroatoms. The van der Waals surface area contributed by atoms with Crippen LogP contribution >= 0.6 is 0 Å². The zero-order chi connectivity index (χ0) is 20.2. The van der Waals surface area contributed by atoms with E-state index in [1.807, 2.05) is 47.4 Å². The van der Waals surface area contributed by atoms with Crippen molar-refractivity contribution in [3.63, 3.8) is 0 Å². The van der Waals surface area contributed by atoms with Crippen LogP contribution in [0.15, 0.2) is 60.6 Å².